The number of hydrogen-bond donors (Lipinski definition) is 0. The van der Waals surface area contributed by atoms with Gasteiger partial charge < -0.3 is 33.5 Å². The van der Waals surface area contributed by atoms with Crippen LogP contribution in [0.3, 0.4) is 0 Å². The number of carbonyl (C=O) groups excluding carboxylic acids is 1. The number of hydrogen-bond acceptors (Lipinski definition) is 10. The van der Waals surface area contributed by atoms with E-state index >= 15 is 0 Å². The van der Waals surface area contributed by atoms with Crippen LogP contribution in [0.5, 0.6) is 5.88 Å². The third kappa shape index (κ3) is 7.57. The molecule has 0 saturated carbocycles. The monoisotopic (exact) mass is 438 g/mol. The fraction of sp³-hybridized carbons (Fsp3) is 0.762. The van der Waals surface area contributed by atoms with Crippen molar-refractivity contribution in [1.29, 1.82) is 0 Å². The summed E-state index contributed by atoms with van der Waals surface area (Å²) < 4.78 is 26.5. The Morgan fingerprint density at radius 3 is 2.32 bits per heavy atom. The molecule has 2 aliphatic rings. The summed E-state index contributed by atoms with van der Waals surface area (Å²) in [5.41, 5.74) is 0. The van der Waals surface area contributed by atoms with Crippen LogP contribution in [0, 0.1) is 0 Å². The van der Waals surface area contributed by atoms with Crippen molar-refractivity contribution < 1.29 is 28.5 Å². The number of likely N-dealkylation sites (tertiary alicyclic amines) is 1. The second kappa shape index (κ2) is 12.7. The number of ether oxygens (including phenoxy) is 5. The van der Waals surface area contributed by atoms with Gasteiger partial charge in [-0.25, -0.2) is 4.79 Å². The number of likely N-dealkylation sites (N-methyl/N-ethyl adjacent to an activating group) is 1. The lowest BCUT2D eigenvalue weighted by Gasteiger charge is -2.40. The first-order chi connectivity index (χ1) is 15.2. The predicted octanol–water partition coefficient (Wildman–Crippen LogP) is 0.751. The van der Waals surface area contributed by atoms with Gasteiger partial charge in [-0.1, -0.05) is 0 Å². The largest absolute Gasteiger partial charge is 0.474 e. The van der Waals surface area contributed by atoms with Crippen molar-refractivity contribution in [1.82, 2.24) is 14.9 Å². The molecule has 174 valence electrons. The van der Waals surface area contributed by atoms with Gasteiger partial charge >= 0.3 is 5.97 Å². The standard InChI is InChI=1S/C21H34N4O6/c1-3-30-21(26)16-29-9-8-27-6-7-28-10-11-31-20-13-22-12-19(23-20)25-17-4-5-18(25)15-24(2)14-17/h12-13,17-18H,3-11,14-16H2,1-2H3. The summed E-state index contributed by atoms with van der Waals surface area (Å²) in [5.74, 6) is 1.06. The smallest absolute Gasteiger partial charge is 0.332 e. The Morgan fingerprint density at radius 2 is 1.65 bits per heavy atom. The zero-order valence-corrected chi connectivity index (χ0v) is 18.5. The Bertz CT molecular complexity index is 665. The Morgan fingerprint density at radius 1 is 1.00 bits per heavy atom. The van der Waals surface area contributed by atoms with Crippen molar-refractivity contribution in [2.24, 2.45) is 0 Å². The van der Waals surface area contributed by atoms with Gasteiger partial charge in [0.2, 0.25) is 5.88 Å². The molecule has 0 amide bonds. The quantitative estimate of drug-likeness (QED) is 0.306. The number of rotatable bonds is 14. The molecule has 0 aliphatic carbocycles. The van der Waals surface area contributed by atoms with E-state index in [-0.39, 0.29) is 12.6 Å². The van der Waals surface area contributed by atoms with E-state index in [4.69, 9.17) is 23.7 Å². The highest BCUT2D eigenvalue weighted by atomic mass is 16.6. The lowest BCUT2D eigenvalue weighted by molar-refractivity contribution is -0.149. The highest BCUT2D eigenvalue weighted by Crippen LogP contribution is 2.33. The van der Waals surface area contributed by atoms with Gasteiger partial charge in [-0.2, -0.15) is 4.98 Å². The van der Waals surface area contributed by atoms with Gasteiger partial charge in [0.05, 0.1) is 52.0 Å². The van der Waals surface area contributed by atoms with Crippen molar-refractivity contribution in [3.05, 3.63) is 12.4 Å². The summed E-state index contributed by atoms with van der Waals surface area (Å²) in [6.07, 6.45) is 5.87. The minimum absolute atomic E-state index is 0.0503. The third-order valence-corrected chi connectivity index (χ3v) is 5.28. The van der Waals surface area contributed by atoms with Crippen molar-refractivity contribution in [3.63, 3.8) is 0 Å². The van der Waals surface area contributed by atoms with Crippen LogP contribution in [0.25, 0.3) is 0 Å². The van der Waals surface area contributed by atoms with E-state index in [2.05, 4.69) is 26.8 Å². The Balaban J connectivity index is 1.24. The van der Waals surface area contributed by atoms with Gasteiger partial charge in [0, 0.05) is 25.2 Å². The van der Waals surface area contributed by atoms with E-state index in [1.165, 1.54) is 12.8 Å². The van der Waals surface area contributed by atoms with Gasteiger partial charge in [-0.05, 0) is 26.8 Å². The Hall–Kier alpha value is -2.01. The van der Waals surface area contributed by atoms with Crippen LogP contribution < -0.4 is 9.64 Å². The molecule has 0 radical (unpaired) electrons. The number of piperazine rings is 1. The lowest BCUT2D eigenvalue weighted by Crippen LogP contribution is -2.52. The molecule has 0 N–H and O–H groups in total. The molecule has 2 aliphatic heterocycles. The number of fused-ring (bicyclic) bond motifs is 2. The zero-order chi connectivity index (χ0) is 21.9. The molecule has 2 atom stereocenters. The first kappa shape index (κ1) is 23.6. The molecule has 2 unspecified atom stereocenters. The number of aromatic nitrogens is 2. The first-order valence-corrected chi connectivity index (χ1v) is 11.0. The number of nitrogens with zero attached hydrogens (tertiary/aromatic N) is 4. The van der Waals surface area contributed by atoms with E-state index in [9.17, 15) is 4.79 Å². The molecule has 1 aromatic heterocycles. The van der Waals surface area contributed by atoms with Crippen LogP contribution in [0.15, 0.2) is 12.4 Å². The second-order valence-corrected chi connectivity index (χ2v) is 7.66. The van der Waals surface area contributed by atoms with Gasteiger partial charge in [0.1, 0.15) is 13.2 Å². The summed E-state index contributed by atoms with van der Waals surface area (Å²) in [6.45, 7) is 6.68. The van der Waals surface area contributed by atoms with E-state index in [0.29, 0.717) is 64.2 Å². The van der Waals surface area contributed by atoms with E-state index < -0.39 is 0 Å². The molecule has 3 rings (SSSR count). The van der Waals surface area contributed by atoms with Crippen molar-refractivity contribution in [2.45, 2.75) is 31.8 Å². The molecular weight excluding hydrogens is 404 g/mol. The van der Waals surface area contributed by atoms with E-state index in [1.54, 1.807) is 13.1 Å². The summed E-state index contributed by atoms with van der Waals surface area (Å²) in [4.78, 5) is 24.9. The minimum atomic E-state index is -0.364. The van der Waals surface area contributed by atoms with Gasteiger partial charge in [-0.3, -0.25) is 4.98 Å². The number of carbonyl (C=O) groups is 1. The molecule has 1 aromatic rings. The van der Waals surface area contributed by atoms with Gasteiger partial charge in [-0.15, -0.1) is 0 Å². The predicted molar refractivity (Wildman–Crippen MR) is 113 cm³/mol. The fourth-order valence-electron chi connectivity index (χ4n) is 4.02. The Kier molecular flexibility index (Phi) is 9.73. The maximum Gasteiger partial charge on any atom is 0.332 e. The summed E-state index contributed by atoms with van der Waals surface area (Å²) in [6, 6.07) is 1.01. The maximum atomic E-state index is 11.1. The maximum absolute atomic E-state index is 11.1. The van der Waals surface area contributed by atoms with E-state index in [1.807, 2.05) is 6.20 Å². The summed E-state index contributed by atoms with van der Waals surface area (Å²) >= 11 is 0. The average molecular weight is 439 g/mol. The molecular formula is C21H34N4O6. The molecule has 0 aromatic carbocycles. The molecule has 3 heterocycles. The zero-order valence-electron chi connectivity index (χ0n) is 18.5. The van der Waals surface area contributed by atoms with Crippen LogP contribution in [0.1, 0.15) is 19.8 Å². The van der Waals surface area contributed by atoms with Crippen LogP contribution in [-0.4, -0.2) is 106 Å². The third-order valence-electron chi connectivity index (χ3n) is 5.28. The SMILES string of the molecule is CCOC(=O)COCCOCCOCCOc1cncc(N2C3CCC2CN(C)C3)n1. The van der Waals surface area contributed by atoms with Crippen molar-refractivity contribution in [3.8, 4) is 5.88 Å². The summed E-state index contributed by atoms with van der Waals surface area (Å²) in [7, 11) is 2.18. The van der Waals surface area contributed by atoms with Crippen LogP contribution in [0.4, 0.5) is 5.82 Å². The molecule has 31 heavy (non-hydrogen) atoms. The topological polar surface area (TPSA) is 95.5 Å². The molecule has 10 nitrogen and oxygen atoms in total. The van der Waals surface area contributed by atoms with Crippen LogP contribution in [0.2, 0.25) is 0 Å². The fourth-order valence-corrected chi connectivity index (χ4v) is 4.02. The van der Waals surface area contributed by atoms with Crippen molar-refractivity contribution in [2.75, 3.05) is 77.9 Å². The van der Waals surface area contributed by atoms with Gasteiger partial charge in [0.15, 0.2) is 5.82 Å². The molecule has 2 bridgehead atoms. The van der Waals surface area contributed by atoms with Crippen LogP contribution >= 0.6 is 0 Å². The average Bonchev–Trinajstić information content (AvgIpc) is 3.03. The Labute approximate surface area is 183 Å². The molecule has 10 heteroatoms. The molecule has 2 saturated heterocycles. The molecule has 2 fully saturated rings. The number of anilines is 1. The van der Waals surface area contributed by atoms with Crippen molar-refractivity contribution >= 4 is 11.8 Å². The highest BCUT2D eigenvalue weighted by molar-refractivity contribution is 5.70. The van der Waals surface area contributed by atoms with E-state index in [0.717, 1.165) is 18.9 Å². The highest BCUT2D eigenvalue weighted by Gasteiger charge is 2.39. The normalized spacial score (nSPS) is 20.8. The van der Waals surface area contributed by atoms with Crippen LogP contribution in [-0.2, 0) is 23.7 Å². The summed E-state index contributed by atoms with van der Waals surface area (Å²) in [5, 5.41) is 0. The second-order valence-electron chi connectivity index (χ2n) is 7.66. The lowest BCUT2D eigenvalue weighted by atomic mass is 10.2. The number of esters is 1. The minimum Gasteiger partial charge on any atom is -0.474 e. The first-order valence-electron chi connectivity index (χ1n) is 11.0. The molecule has 0 spiro atoms. The van der Waals surface area contributed by atoms with Gasteiger partial charge in [0.25, 0.3) is 0 Å².